The number of ether oxygens (including phenoxy) is 1. The van der Waals surface area contributed by atoms with Crippen LogP contribution < -0.4 is 5.41 Å². The molecule has 1 aromatic rings. The Hall–Kier alpha value is -1.31. The Morgan fingerprint density at radius 2 is 1.62 bits per heavy atom. The molecular formula is C11H18NO+. The average molecular weight is 180 g/mol. The molecule has 0 spiro atoms. The molecule has 0 aliphatic heterocycles. The van der Waals surface area contributed by atoms with Crippen molar-refractivity contribution in [1.29, 1.82) is 0 Å². The molecule has 1 rings (SSSR count). The molecule has 0 aliphatic rings. The Balaban J connectivity index is 0.000000671. The lowest BCUT2D eigenvalue weighted by molar-refractivity contribution is -0.135. The lowest BCUT2D eigenvalue weighted by Gasteiger charge is -1.96. The monoisotopic (exact) mass is 180 g/mol. The Morgan fingerprint density at radius 3 is 2.00 bits per heavy atom. The van der Waals surface area contributed by atoms with E-state index in [9.17, 15) is 0 Å². The van der Waals surface area contributed by atoms with Crippen molar-refractivity contribution in [2.75, 3.05) is 7.11 Å². The van der Waals surface area contributed by atoms with Crippen molar-refractivity contribution in [3.8, 4) is 0 Å². The van der Waals surface area contributed by atoms with E-state index in [0.717, 1.165) is 5.56 Å². The van der Waals surface area contributed by atoms with Gasteiger partial charge in [-0.15, -0.1) is 0 Å². The molecule has 0 bridgehead atoms. The molecule has 0 amide bonds. The lowest BCUT2D eigenvalue weighted by Crippen LogP contribution is -2.41. The summed E-state index contributed by atoms with van der Waals surface area (Å²) in [7, 11) is 1.56. The first kappa shape index (κ1) is 11.7. The average Bonchev–Trinajstić information content (AvgIpc) is 2.21. The highest BCUT2D eigenvalue weighted by molar-refractivity contribution is 5.88. The first-order chi connectivity index (χ1) is 6.24. The second-order valence-electron chi connectivity index (χ2n) is 2.43. The minimum absolute atomic E-state index is 0.463. The van der Waals surface area contributed by atoms with E-state index in [1.807, 2.05) is 45.0 Å². The summed E-state index contributed by atoms with van der Waals surface area (Å²) in [5.41, 5.74) is 2.15. The molecule has 0 unspecified atom stereocenters. The largest absolute Gasteiger partial charge is 0.448 e. The Bertz CT molecular complexity index is 251. The summed E-state index contributed by atoms with van der Waals surface area (Å²) in [6.07, 6.45) is 0. The van der Waals surface area contributed by atoms with Crippen LogP contribution >= 0.6 is 0 Å². The van der Waals surface area contributed by atoms with Crippen molar-refractivity contribution in [3.63, 3.8) is 0 Å². The fraction of sp³-hybridized carbons (Fsp3) is 0.364. The lowest BCUT2D eigenvalue weighted by atomic mass is 10.1. The summed E-state index contributed by atoms with van der Waals surface area (Å²) in [5.74, 6) is 0.463. The van der Waals surface area contributed by atoms with Crippen molar-refractivity contribution < 1.29 is 10.1 Å². The third-order valence-electron chi connectivity index (χ3n) is 1.56. The Labute approximate surface area is 80.1 Å². The molecule has 0 fully saturated rings. The van der Waals surface area contributed by atoms with Crippen molar-refractivity contribution in [3.05, 3.63) is 35.4 Å². The van der Waals surface area contributed by atoms with E-state index in [1.165, 1.54) is 5.56 Å². The van der Waals surface area contributed by atoms with Gasteiger partial charge in [-0.1, -0.05) is 31.5 Å². The van der Waals surface area contributed by atoms with Gasteiger partial charge in [-0.2, -0.15) is 0 Å². The maximum Gasteiger partial charge on any atom is 0.366 e. The summed E-state index contributed by atoms with van der Waals surface area (Å²) >= 11 is 0. The van der Waals surface area contributed by atoms with E-state index < -0.39 is 0 Å². The minimum atomic E-state index is 0.463. The maximum atomic E-state index is 5.54. The van der Waals surface area contributed by atoms with E-state index >= 15 is 0 Å². The van der Waals surface area contributed by atoms with E-state index in [1.54, 1.807) is 7.11 Å². The van der Waals surface area contributed by atoms with Crippen LogP contribution in [0.25, 0.3) is 0 Å². The van der Waals surface area contributed by atoms with Crippen molar-refractivity contribution in [2.24, 2.45) is 0 Å². The zero-order valence-electron chi connectivity index (χ0n) is 8.79. The molecule has 1 aromatic carbocycles. The second kappa shape index (κ2) is 6.23. The fourth-order valence-corrected chi connectivity index (χ4v) is 0.836. The molecule has 2 N–H and O–H groups in total. The van der Waals surface area contributed by atoms with Gasteiger partial charge in [0.15, 0.2) is 0 Å². The van der Waals surface area contributed by atoms with E-state index in [0.29, 0.717) is 5.90 Å². The smallest absolute Gasteiger partial charge is 0.366 e. The van der Waals surface area contributed by atoms with Crippen LogP contribution in [0.1, 0.15) is 25.0 Å². The topological polar surface area (TPSA) is 34.8 Å². The molecule has 0 aliphatic carbocycles. The van der Waals surface area contributed by atoms with E-state index in [4.69, 9.17) is 10.1 Å². The molecule has 0 atom stereocenters. The van der Waals surface area contributed by atoms with Crippen molar-refractivity contribution >= 4 is 5.90 Å². The zero-order chi connectivity index (χ0) is 10.3. The van der Waals surface area contributed by atoms with Crippen LogP contribution in [0.15, 0.2) is 24.3 Å². The van der Waals surface area contributed by atoms with Gasteiger partial charge in [-0.25, -0.2) is 5.41 Å². The van der Waals surface area contributed by atoms with Crippen molar-refractivity contribution in [1.82, 2.24) is 0 Å². The summed E-state index contributed by atoms with van der Waals surface area (Å²) in [5, 5.41) is 5.54. The normalized spacial score (nSPS) is 8.31. The molecule has 13 heavy (non-hydrogen) atoms. The van der Waals surface area contributed by atoms with Gasteiger partial charge in [-0.3, -0.25) is 0 Å². The number of hydrogen-bond donors (Lipinski definition) is 1. The molecule has 0 aromatic heterocycles. The van der Waals surface area contributed by atoms with Crippen LogP contribution in [-0.4, -0.2) is 13.0 Å². The highest BCUT2D eigenvalue weighted by atomic mass is 16.5. The molecule has 0 saturated carbocycles. The molecule has 0 saturated heterocycles. The number of methoxy groups -OCH3 is 1. The molecule has 0 radical (unpaired) electrons. The third kappa shape index (κ3) is 3.74. The number of hydrogen-bond acceptors (Lipinski definition) is 1. The zero-order valence-corrected chi connectivity index (χ0v) is 8.79. The summed E-state index contributed by atoms with van der Waals surface area (Å²) in [4.78, 5) is 0. The van der Waals surface area contributed by atoms with Gasteiger partial charge in [0.2, 0.25) is 0 Å². The number of benzene rings is 1. The second-order valence-corrected chi connectivity index (χ2v) is 2.43. The SMILES string of the molecule is CC.COC(=[NH2+])c1ccc(C)cc1. The van der Waals surface area contributed by atoms with E-state index in [-0.39, 0.29) is 0 Å². The summed E-state index contributed by atoms with van der Waals surface area (Å²) < 4.78 is 4.87. The van der Waals surface area contributed by atoms with Gasteiger partial charge in [0.1, 0.15) is 0 Å². The van der Waals surface area contributed by atoms with Crippen molar-refractivity contribution in [2.45, 2.75) is 20.8 Å². The van der Waals surface area contributed by atoms with E-state index in [2.05, 4.69) is 0 Å². The van der Waals surface area contributed by atoms with Gasteiger partial charge in [-0.05, 0) is 19.1 Å². The van der Waals surface area contributed by atoms with Gasteiger partial charge in [0, 0.05) is 0 Å². The van der Waals surface area contributed by atoms with Crippen LogP contribution in [-0.2, 0) is 4.74 Å². The third-order valence-corrected chi connectivity index (χ3v) is 1.56. The Kier molecular flexibility index (Phi) is 5.60. The van der Waals surface area contributed by atoms with Crippen LogP contribution in [0, 0.1) is 6.92 Å². The molecule has 72 valence electrons. The predicted molar refractivity (Wildman–Crippen MR) is 55.6 cm³/mol. The predicted octanol–water partition coefficient (Wildman–Crippen LogP) is 1.17. The number of aryl methyl sites for hydroxylation is 1. The molecule has 2 nitrogen and oxygen atoms in total. The molecular weight excluding hydrogens is 162 g/mol. The maximum absolute atomic E-state index is 5.54. The Morgan fingerprint density at radius 1 is 1.15 bits per heavy atom. The molecule has 0 heterocycles. The summed E-state index contributed by atoms with van der Waals surface area (Å²) in [6.45, 7) is 6.03. The number of nitrogens with two attached hydrogens (primary N) is 1. The minimum Gasteiger partial charge on any atom is -0.448 e. The van der Waals surface area contributed by atoms with Crippen LogP contribution in [0.5, 0.6) is 0 Å². The van der Waals surface area contributed by atoms with Gasteiger partial charge in [0.25, 0.3) is 0 Å². The first-order valence-corrected chi connectivity index (χ1v) is 4.47. The van der Waals surface area contributed by atoms with Gasteiger partial charge >= 0.3 is 5.90 Å². The summed E-state index contributed by atoms with van der Waals surface area (Å²) in [6, 6.07) is 7.88. The fourth-order valence-electron chi connectivity index (χ4n) is 0.836. The van der Waals surface area contributed by atoms with Crippen LogP contribution in [0.3, 0.4) is 0 Å². The van der Waals surface area contributed by atoms with Crippen LogP contribution in [0.2, 0.25) is 0 Å². The highest BCUT2D eigenvalue weighted by Crippen LogP contribution is 2.02. The number of rotatable bonds is 1. The van der Waals surface area contributed by atoms with Gasteiger partial charge in [0.05, 0.1) is 12.7 Å². The first-order valence-electron chi connectivity index (χ1n) is 4.47. The quantitative estimate of drug-likeness (QED) is 0.511. The van der Waals surface area contributed by atoms with Crippen LogP contribution in [0.4, 0.5) is 0 Å². The highest BCUT2D eigenvalue weighted by Gasteiger charge is 2.03. The molecule has 2 heteroatoms. The van der Waals surface area contributed by atoms with Gasteiger partial charge < -0.3 is 4.74 Å². The standard InChI is InChI=1S/C9H11NO.C2H6/c1-7-3-5-8(6-4-7)9(10)11-2;1-2/h3-6,10H,1-2H3;1-2H3/p+1.